The predicted molar refractivity (Wildman–Crippen MR) is 180 cm³/mol. The van der Waals surface area contributed by atoms with Gasteiger partial charge in [-0.1, -0.05) is 26.5 Å². The first-order valence-electron chi connectivity index (χ1n) is 15.8. The van der Waals surface area contributed by atoms with Crippen LogP contribution in [0.25, 0.3) is 0 Å². The number of carbonyl (C=O) groups excluding carboxylic acids is 1. The Balaban J connectivity index is 1.43. The maximum Gasteiger partial charge on any atom is 0.469 e. The molecule has 5 heterocycles. The Labute approximate surface area is 273 Å². The van der Waals surface area contributed by atoms with Crippen LogP contribution in [0.15, 0.2) is 119 Å². The number of nitrogens with one attached hydrogen (secondary N) is 1. The molecule has 2 atom stereocenters. The van der Waals surface area contributed by atoms with E-state index in [-0.39, 0.29) is 30.6 Å². The molecule has 0 aromatic rings. The standard InChI is InChI=1S/C35H39N4O7P/c1-7-21-17(3)25-14-27-19(5)23(9-10-32(41)45-11-12-46-47(42,43)44)34(38-27)24-13-31(40)33-20(6)28(39-35(24)33)16-30-22(8-2)18(4)26(37-30)15-29(21)36-25/h7,14-16,19,23,38,40H,1,8-13H2,2-6H3,(H2,42,43,44)/t19-,23-/m0/s1. The summed E-state index contributed by atoms with van der Waals surface area (Å²) in [6, 6.07) is 0. The van der Waals surface area contributed by atoms with Gasteiger partial charge in [0.2, 0.25) is 0 Å². The molecule has 0 aromatic heterocycles. The van der Waals surface area contributed by atoms with E-state index in [2.05, 4.69) is 37.2 Å². The van der Waals surface area contributed by atoms with Crippen molar-refractivity contribution in [2.75, 3.05) is 13.2 Å². The molecule has 0 unspecified atom stereocenters. The normalized spacial score (nSPS) is 23.6. The number of allylic oxidation sites excluding steroid dienone is 12. The van der Waals surface area contributed by atoms with E-state index in [1.54, 1.807) is 0 Å². The summed E-state index contributed by atoms with van der Waals surface area (Å²) in [6.45, 7) is 13.7. The van der Waals surface area contributed by atoms with Crippen LogP contribution >= 0.6 is 7.82 Å². The molecule has 6 aliphatic rings. The maximum atomic E-state index is 12.7. The van der Waals surface area contributed by atoms with Crippen LogP contribution in [0.2, 0.25) is 0 Å². The monoisotopic (exact) mass is 658 g/mol. The molecule has 5 aliphatic heterocycles. The molecular formula is C35H39N4O7P. The highest BCUT2D eigenvalue weighted by molar-refractivity contribution is 7.46. The first-order valence-corrected chi connectivity index (χ1v) is 17.3. The molecule has 1 fully saturated rings. The smallest absolute Gasteiger partial charge is 0.469 e. The van der Waals surface area contributed by atoms with Gasteiger partial charge in [0.1, 0.15) is 12.4 Å². The molecule has 0 aromatic carbocycles. The second-order valence-electron chi connectivity index (χ2n) is 12.3. The summed E-state index contributed by atoms with van der Waals surface area (Å²) in [5.74, 6) is -0.424. The van der Waals surface area contributed by atoms with Crippen LogP contribution in [0.4, 0.5) is 0 Å². The molecule has 246 valence electrons. The quantitative estimate of drug-likeness (QED) is 0.128. The van der Waals surface area contributed by atoms with E-state index in [1.165, 1.54) is 0 Å². The van der Waals surface area contributed by atoms with E-state index in [0.717, 1.165) is 91.1 Å². The molecule has 6 rings (SSSR count). The lowest BCUT2D eigenvalue weighted by atomic mass is 9.86. The average molecular weight is 659 g/mol. The number of carbonyl (C=O) groups is 1. The van der Waals surface area contributed by atoms with Gasteiger partial charge in [0.05, 0.1) is 40.8 Å². The number of aliphatic hydroxyl groups is 1. The first kappa shape index (κ1) is 32.8. The van der Waals surface area contributed by atoms with E-state index < -0.39 is 20.4 Å². The zero-order valence-corrected chi connectivity index (χ0v) is 28.1. The van der Waals surface area contributed by atoms with E-state index in [4.69, 9.17) is 29.5 Å². The second-order valence-corrected chi connectivity index (χ2v) is 13.6. The summed E-state index contributed by atoms with van der Waals surface area (Å²) in [7, 11) is -4.64. The number of hydrogen-bond acceptors (Lipinski definition) is 9. The minimum Gasteiger partial charge on any atom is -0.511 e. The molecule has 1 saturated heterocycles. The summed E-state index contributed by atoms with van der Waals surface area (Å²) in [6.07, 6.45) is 9.50. The third-order valence-electron chi connectivity index (χ3n) is 9.57. The van der Waals surface area contributed by atoms with Crippen LogP contribution in [-0.2, 0) is 18.6 Å². The van der Waals surface area contributed by atoms with Crippen LogP contribution in [0.5, 0.6) is 0 Å². The van der Waals surface area contributed by atoms with Gasteiger partial charge in [0.25, 0.3) is 0 Å². The summed E-state index contributed by atoms with van der Waals surface area (Å²) < 4.78 is 20.5. The van der Waals surface area contributed by atoms with Crippen molar-refractivity contribution in [2.24, 2.45) is 26.8 Å². The minimum atomic E-state index is -4.64. The van der Waals surface area contributed by atoms with E-state index in [0.29, 0.717) is 12.8 Å². The number of phosphoric ester groups is 1. The first-order chi connectivity index (χ1) is 22.3. The highest BCUT2D eigenvalue weighted by Crippen LogP contribution is 2.46. The molecular weight excluding hydrogens is 619 g/mol. The fourth-order valence-electron chi connectivity index (χ4n) is 7.04. The lowest BCUT2D eigenvalue weighted by Gasteiger charge is -2.17. The highest BCUT2D eigenvalue weighted by atomic mass is 31.2. The zero-order valence-electron chi connectivity index (χ0n) is 27.2. The molecule has 0 spiro atoms. The number of aliphatic imine (C=N–C) groups is 3. The molecule has 12 heteroatoms. The van der Waals surface area contributed by atoms with Gasteiger partial charge in [-0.15, -0.1) is 0 Å². The number of hydrogen-bond donors (Lipinski definition) is 4. The number of fused-ring (bicyclic) bond motifs is 5. The maximum absolute atomic E-state index is 12.7. The van der Waals surface area contributed by atoms with Crippen LogP contribution in [0.1, 0.15) is 60.3 Å². The number of aliphatic hydroxyl groups excluding tert-OH is 1. The summed E-state index contributed by atoms with van der Waals surface area (Å²) in [5.41, 5.74) is 13.3. The highest BCUT2D eigenvalue weighted by Gasteiger charge is 2.41. The third-order valence-corrected chi connectivity index (χ3v) is 10.1. The summed E-state index contributed by atoms with van der Waals surface area (Å²) >= 11 is 0. The zero-order chi connectivity index (χ0) is 33.8. The predicted octanol–water partition coefficient (Wildman–Crippen LogP) is 6.28. The van der Waals surface area contributed by atoms with Crippen LogP contribution in [0, 0.1) is 11.8 Å². The van der Waals surface area contributed by atoms with Gasteiger partial charge in [0.15, 0.2) is 0 Å². The number of nitrogens with zero attached hydrogens (tertiary/aromatic N) is 3. The Morgan fingerprint density at radius 3 is 2.49 bits per heavy atom. The van der Waals surface area contributed by atoms with Crippen molar-refractivity contribution in [1.29, 1.82) is 0 Å². The molecule has 0 saturated carbocycles. The molecule has 47 heavy (non-hydrogen) atoms. The number of phosphoric acid groups is 1. The Kier molecular flexibility index (Phi) is 8.69. The third kappa shape index (κ3) is 6.05. The Hall–Kier alpha value is -4.15. The lowest BCUT2D eigenvalue weighted by Crippen LogP contribution is -2.17. The van der Waals surface area contributed by atoms with Gasteiger partial charge >= 0.3 is 13.8 Å². The average Bonchev–Trinajstić information content (AvgIpc) is 3.76. The number of ether oxygens (including phenoxy) is 1. The van der Waals surface area contributed by atoms with E-state index in [1.807, 2.05) is 38.2 Å². The van der Waals surface area contributed by atoms with E-state index >= 15 is 0 Å². The topological polar surface area (TPSA) is 162 Å². The lowest BCUT2D eigenvalue weighted by molar-refractivity contribution is -0.144. The van der Waals surface area contributed by atoms with Crippen LogP contribution in [0.3, 0.4) is 0 Å². The van der Waals surface area contributed by atoms with Crippen molar-refractivity contribution in [3.63, 3.8) is 0 Å². The van der Waals surface area contributed by atoms with Gasteiger partial charge in [-0.05, 0) is 74.1 Å². The molecule has 11 nitrogen and oxygen atoms in total. The van der Waals surface area contributed by atoms with E-state index in [9.17, 15) is 14.5 Å². The number of esters is 1. The molecule has 0 radical (unpaired) electrons. The van der Waals surface area contributed by atoms with Gasteiger partial charge in [-0.3, -0.25) is 9.32 Å². The molecule has 4 N–H and O–H groups in total. The van der Waals surface area contributed by atoms with Crippen molar-refractivity contribution in [3.8, 4) is 0 Å². The van der Waals surface area contributed by atoms with Crippen molar-refractivity contribution in [2.45, 2.75) is 60.3 Å². The number of rotatable bonds is 9. The fourth-order valence-corrected chi connectivity index (χ4v) is 7.35. The van der Waals surface area contributed by atoms with Gasteiger partial charge in [-0.2, -0.15) is 0 Å². The molecule has 0 amide bonds. The minimum absolute atomic E-state index is 0.0452. The fraction of sp³-hybridized carbons (Fsp3) is 0.371. The molecule has 1 aliphatic carbocycles. The van der Waals surface area contributed by atoms with Gasteiger partial charge < -0.3 is 24.9 Å². The summed E-state index contributed by atoms with van der Waals surface area (Å²) in [4.78, 5) is 45.5. The molecule has 8 bridgehead atoms. The van der Waals surface area contributed by atoms with Crippen molar-refractivity contribution in [1.82, 2.24) is 5.32 Å². The SMILES string of the molecule is C=CC1=C(C)C2=NC1=CC1=NC(=CC3=C(C)C4=C(O)CC(=C5NC(=C2)[C@@H](C)[C@@H]5CCC(=O)OCCOP(=O)(O)O)C4=N3)C(CC)=C1C. The van der Waals surface area contributed by atoms with Gasteiger partial charge in [-0.25, -0.2) is 19.5 Å². The van der Waals surface area contributed by atoms with Crippen molar-refractivity contribution in [3.05, 3.63) is 104 Å². The largest absolute Gasteiger partial charge is 0.511 e. The Morgan fingerprint density at radius 1 is 1.06 bits per heavy atom. The second kappa shape index (κ2) is 12.5. The van der Waals surface area contributed by atoms with Crippen molar-refractivity contribution >= 4 is 30.9 Å². The van der Waals surface area contributed by atoms with Gasteiger partial charge in [0, 0.05) is 52.8 Å². The Morgan fingerprint density at radius 2 is 1.79 bits per heavy atom. The van der Waals surface area contributed by atoms with Crippen molar-refractivity contribution < 1.29 is 33.5 Å². The summed E-state index contributed by atoms with van der Waals surface area (Å²) in [5, 5.41) is 14.9. The Bertz CT molecular complexity index is 1900. The van der Waals surface area contributed by atoms with Crippen LogP contribution < -0.4 is 5.32 Å². The van der Waals surface area contributed by atoms with Crippen LogP contribution in [-0.4, -0.2) is 51.2 Å².